The molecule has 16 heavy (non-hydrogen) atoms. The van der Waals surface area contributed by atoms with E-state index in [1.807, 2.05) is 11.3 Å². The van der Waals surface area contributed by atoms with Crippen LogP contribution in [0, 0.1) is 0 Å². The Balaban J connectivity index is 0. The molecular formula is C8H10K2O4Si2. The van der Waals surface area contributed by atoms with Crippen LogP contribution in [-0.4, -0.2) is 39.3 Å². The minimum absolute atomic E-state index is 0. The molecule has 0 aromatic rings. The van der Waals surface area contributed by atoms with Crippen LogP contribution in [0.4, 0.5) is 9.59 Å². The zero-order valence-corrected chi connectivity index (χ0v) is 17.9. The summed E-state index contributed by atoms with van der Waals surface area (Å²) in [7, 11) is -2.17. The first kappa shape index (κ1) is 20.7. The van der Waals surface area contributed by atoms with Crippen LogP contribution in [0.2, 0.25) is 12.1 Å². The second kappa shape index (κ2) is 11.2. The van der Waals surface area contributed by atoms with Gasteiger partial charge in [-0.1, -0.05) is 11.3 Å². The molecule has 0 amide bonds. The average Bonchev–Trinajstić information content (AvgIpc) is 1.74. The molecule has 2 heterocycles. The van der Waals surface area contributed by atoms with Crippen molar-refractivity contribution in [2.24, 2.45) is 0 Å². The van der Waals surface area contributed by atoms with Gasteiger partial charge >= 0.3 is 103 Å². The summed E-state index contributed by atoms with van der Waals surface area (Å²) in [6.07, 6.45) is 1.98. The van der Waals surface area contributed by atoms with Gasteiger partial charge in [-0.2, -0.15) is 0 Å². The van der Waals surface area contributed by atoms with Crippen molar-refractivity contribution in [1.82, 2.24) is 0 Å². The van der Waals surface area contributed by atoms with Crippen molar-refractivity contribution < 1.29 is 123 Å². The minimum Gasteiger partial charge on any atom is -0.551 e. The van der Waals surface area contributed by atoms with Crippen LogP contribution in [0.15, 0.2) is 0 Å². The van der Waals surface area contributed by atoms with E-state index in [0.29, 0.717) is 0 Å². The fourth-order valence-corrected chi connectivity index (χ4v) is 2.84. The van der Waals surface area contributed by atoms with Gasteiger partial charge in [0.05, 0.1) is 16.8 Å². The molecule has 2 aliphatic heterocycles. The molecule has 0 spiro atoms. The van der Waals surface area contributed by atoms with Crippen molar-refractivity contribution in [2.75, 3.05) is 0 Å². The molecule has 0 N–H and O–H groups in total. The monoisotopic (exact) mass is 304 g/mol. The summed E-state index contributed by atoms with van der Waals surface area (Å²) < 4.78 is 0. The van der Waals surface area contributed by atoms with Crippen LogP contribution >= 0.6 is 0 Å². The zero-order chi connectivity index (χ0) is 10.6. The molecule has 0 radical (unpaired) electrons. The van der Waals surface area contributed by atoms with Gasteiger partial charge in [-0.15, -0.1) is 0 Å². The second-order valence-electron chi connectivity index (χ2n) is 3.11. The van der Waals surface area contributed by atoms with Gasteiger partial charge in [-0.05, 0) is 24.9 Å². The van der Waals surface area contributed by atoms with Crippen molar-refractivity contribution in [3.8, 4) is 0 Å². The van der Waals surface area contributed by atoms with E-state index in [1.54, 1.807) is 0 Å². The predicted molar refractivity (Wildman–Crippen MR) is 53.3 cm³/mol. The van der Waals surface area contributed by atoms with Crippen LogP contribution in [0.25, 0.3) is 0 Å². The predicted octanol–water partition coefficient (Wildman–Crippen LogP) is -7.60. The molecule has 0 saturated carbocycles. The smallest absolute Gasteiger partial charge is 0.551 e. The number of hydrogen-bond donors (Lipinski definition) is 0. The third-order valence-electron chi connectivity index (χ3n) is 2.13. The molecular weight excluding hydrogens is 294 g/mol. The maximum absolute atomic E-state index is 9.88. The van der Waals surface area contributed by atoms with Gasteiger partial charge in [-0.3, -0.25) is 0 Å². The number of rotatable bonds is 2. The largest absolute Gasteiger partial charge is 1.00 e. The molecule has 76 valence electrons. The first-order valence-electron chi connectivity index (χ1n) is 4.42. The third-order valence-corrected chi connectivity index (χ3v) is 6.40. The van der Waals surface area contributed by atoms with E-state index in [2.05, 4.69) is 0 Å². The molecule has 2 aliphatic rings. The number of carboxylic acid groups (broad SMARTS) is 2. The SMILES string of the molecule is O=C([O-])[Si]1=CCC1.O=C([O-])[Si]1=CCC1.[K+].[K+]. The van der Waals surface area contributed by atoms with Crippen molar-refractivity contribution in [3.63, 3.8) is 0 Å². The number of hydrogen-bond acceptors (Lipinski definition) is 4. The Morgan fingerprint density at radius 2 is 1.12 bits per heavy atom. The standard InChI is InChI=1S/2C4H6O2Si.2K/c2*5-4(6)7-2-1-3-7;;/h2*2H,1,3H2,(H,5,6);;/q;;2*+1/p-2. The zero-order valence-electron chi connectivity index (χ0n) is 9.62. The van der Waals surface area contributed by atoms with Crippen LogP contribution < -0.4 is 113 Å². The Hall–Kier alpha value is 2.39. The number of carbonyl (C=O) groups is 2. The van der Waals surface area contributed by atoms with Gasteiger partial charge in [0.15, 0.2) is 0 Å². The molecule has 8 heteroatoms. The summed E-state index contributed by atoms with van der Waals surface area (Å²) in [5, 5.41) is 19.8. The quantitative estimate of drug-likeness (QED) is 0.475. The fraction of sp³-hybridized carbons (Fsp3) is 0.500. The van der Waals surface area contributed by atoms with Crippen molar-refractivity contribution in [1.29, 1.82) is 0 Å². The van der Waals surface area contributed by atoms with E-state index >= 15 is 0 Å². The normalized spacial score (nSPS) is 15.2. The van der Waals surface area contributed by atoms with E-state index in [0.717, 1.165) is 24.9 Å². The summed E-state index contributed by atoms with van der Waals surface area (Å²) >= 11 is 0. The van der Waals surface area contributed by atoms with Crippen molar-refractivity contribution in [3.05, 3.63) is 0 Å². The molecule has 0 bridgehead atoms. The summed E-state index contributed by atoms with van der Waals surface area (Å²) in [4.78, 5) is 19.8. The van der Waals surface area contributed by atoms with Crippen molar-refractivity contribution >= 4 is 39.3 Å². The Bertz CT molecular complexity index is 296. The molecule has 0 aromatic heterocycles. The van der Waals surface area contributed by atoms with Crippen LogP contribution in [0.3, 0.4) is 0 Å². The first-order valence-corrected chi connectivity index (χ1v) is 7.99. The summed E-state index contributed by atoms with van der Waals surface area (Å²) in [5.41, 5.74) is 2.08. The molecule has 0 atom stereocenters. The van der Waals surface area contributed by atoms with E-state index in [4.69, 9.17) is 0 Å². The molecule has 0 fully saturated rings. The second-order valence-corrected chi connectivity index (χ2v) is 7.84. The Labute approximate surface area is 182 Å². The molecule has 0 unspecified atom stereocenters. The summed E-state index contributed by atoms with van der Waals surface area (Å²) in [6.45, 7) is 0. The van der Waals surface area contributed by atoms with Crippen LogP contribution in [0.1, 0.15) is 12.8 Å². The first-order chi connectivity index (χ1) is 6.61. The summed E-state index contributed by atoms with van der Waals surface area (Å²) in [6, 6.07) is 1.76. The molecule has 4 nitrogen and oxygen atoms in total. The summed E-state index contributed by atoms with van der Waals surface area (Å²) in [5.74, 6) is 0. The van der Waals surface area contributed by atoms with Crippen molar-refractivity contribution in [2.45, 2.75) is 24.9 Å². The maximum Gasteiger partial charge on any atom is 1.00 e. The van der Waals surface area contributed by atoms with Crippen LogP contribution in [-0.2, 0) is 0 Å². The van der Waals surface area contributed by atoms with E-state index in [1.165, 1.54) is 0 Å². The molecule has 0 aliphatic carbocycles. The van der Waals surface area contributed by atoms with Crippen LogP contribution in [0.5, 0.6) is 0 Å². The van der Waals surface area contributed by atoms with E-state index < -0.39 is 28.0 Å². The Kier molecular flexibility index (Phi) is 14.5. The van der Waals surface area contributed by atoms with Gasteiger partial charge in [0.25, 0.3) is 0 Å². The fourth-order valence-electron chi connectivity index (χ4n) is 0.948. The topological polar surface area (TPSA) is 80.3 Å². The van der Waals surface area contributed by atoms with Gasteiger partial charge in [0.1, 0.15) is 0 Å². The Morgan fingerprint density at radius 3 is 1.12 bits per heavy atom. The van der Waals surface area contributed by atoms with Gasteiger partial charge < -0.3 is 19.8 Å². The van der Waals surface area contributed by atoms with E-state index in [9.17, 15) is 19.8 Å². The van der Waals surface area contributed by atoms with Gasteiger partial charge in [0.2, 0.25) is 0 Å². The average molecular weight is 305 g/mol. The number of carbonyl (C=O) groups excluding carboxylic acids is 2. The van der Waals surface area contributed by atoms with E-state index in [-0.39, 0.29) is 103 Å². The minimum atomic E-state index is -1.08. The third kappa shape index (κ3) is 7.74. The Morgan fingerprint density at radius 1 is 0.875 bits per heavy atom. The molecule has 0 aromatic carbocycles. The maximum atomic E-state index is 9.88. The van der Waals surface area contributed by atoms with Gasteiger partial charge in [0, 0.05) is 11.2 Å². The van der Waals surface area contributed by atoms with Gasteiger partial charge in [-0.25, -0.2) is 0 Å². The molecule has 2 rings (SSSR count). The molecule has 0 saturated heterocycles.